The van der Waals surface area contributed by atoms with Gasteiger partial charge in [-0.15, -0.1) is 0 Å². The van der Waals surface area contributed by atoms with Crippen molar-refractivity contribution < 1.29 is 23.9 Å². The first kappa shape index (κ1) is 19.3. The van der Waals surface area contributed by atoms with E-state index >= 15 is 0 Å². The van der Waals surface area contributed by atoms with E-state index in [0.717, 1.165) is 18.2 Å². The van der Waals surface area contributed by atoms with Gasteiger partial charge in [0.1, 0.15) is 12.4 Å². The lowest BCUT2D eigenvalue weighted by molar-refractivity contribution is -0.165. The zero-order valence-corrected chi connectivity index (χ0v) is 14.5. The van der Waals surface area contributed by atoms with Crippen LogP contribution in [0.4, 0.5) is 0 Å². The van der Waals surface area contributed by atoms with Crippen LogP contribution in [-0.2, 0) is 36.9 Å². The molecule has 26 heavy (non-hydrogen) atoms. The summed E-state index contributed by atoms with van der Waals surface area (Å²) in [6.45, 7) is -0.0531. The number of methoxy groups -OCH3 is 1. The van der Waals surface area contributed by atoms with E-state index in [-0.39, 0.29) is 18.8 Å². The van der Waals surface area contributed by atoms with Gasteiger partial charge in [0.25, 0.3) is 0 Å². The zero-order valence-electron chi connectivity index (χ0n) is 14.5. The fraction of sp³-hybridized carbons (Fsp3) is 0.250. The smallest absolute Gasteiger partial charge is 0.338 e. The topological polar surface area (TPSA) is 95.7 Å². The first-order valence-electron chi connectivity index (χ1n) is 8.10. The van der Waals surface area contributed by atoms with E-state index in [1.807, 2.05) is 12.1 Å². The second-order valence-corrected chi connectivity index (χ2v) is 5.90. The van der Waals surface area contributed by atoms with Crippen molar-refractivity contribution in [3.05, 3.63) is 71.8 Å². The van der Waals surface area contributed by atoms with Gasteiger partial charge in [0.2, 0.25) is 5.54 Å². The van der Waals surface area contributed by atoms with Crippen LogP contribution in [0.2, 0.25) is 0 Å². The van der Waals surface area contributed by atoms with Crippen molar-refractivity contribution in [1.82, 2.24) is 0 Å². The van der Waals surface area contributed by atoms with Crippen LogP contribution < -0.4 is 5.73 Å². The zero-order chi connectivity index (χ0) is 19.0. The van der Waals surface area contributed by atoms with E-state index in [9.17, 15) is 14.4 Å². The molecule has 0 aromatic heterocycles. The molecule has 6 heteroatoms. The monoisotopic (exact) mass is 355 g/mol. The maximum absolute atomic E-state index is 12.4. The first-order chi connectivity index (χ1) is 12.5. The number of esters is 2. The number of carbonyl (C=O) groups excluding carboxylic acids is 3. The summed E-state index contributed by atoms with van der Waals surface area (Å²) in [5, 5.41) is 0. The Hall–Kier alpha value is -2.99. The number of Topliss-reactive ketones (excluding diaryl/α,β-unsaturated/α-hetero) is 1. The summed E-state index contributed by atoms with van der Waals surface area (Å²) < 4.78 is 9.77. The van der Waals surface area contributed by atoms with Gasteiger partial charge in [0.05, 0.1) is 7.11 Å². The van der Waals surface area contributed by atoms with Gasteiger partial charge < -0.3 is 15.2 Å². The lowest BCUT2D eigenvalue weighted by atomic mass is 9.91. The van der Waals surface area contributed by atoms with Crippen molar-refractivity contribution in [3.8, 4) is 0 Å². The van der Waals surface area contributed by atoms with Crippen LogP contribution in [0, 0.1) is 0 Å². The Morgan fingerprint density at radius 2 is 1.42 bits per heavy atom. The summed E-state index contributed by atoms with van der Waals surface area (Å²) in [6, 6.07) is 17.9. The van der Waals surface area contributed by atoms with Crippen molar-refractivity contribution in [2.24, 2.45) is 5.73 Å². The van der Waals surface area contributed by atoms with Crippen LogP contribution in [0.3, 0.4) is 0 Å². The van der Waals surface area contributed by atoms with Gasteiger partial charge in [-0.1, -0.05) is 60.7 Å². The number of benzene rings is 2. The number of ether oxygens (including phenoxy) is 2. The molecule has 6 nitrogen and oxygen atoms in total. The molecule has 2 aromatic carbocycles. The Morgan fingerprint density at radius 3 is 1.96 bits per heavy atom. The largest absolute Gasteiger partial charge is 0.467 e. The summed E-state index contributed by atoms with van der Waals surface area (Å²) in [5.41, 5.74) is 5.28. The fourth-order valence-corrected chi connectivity index (χ4v) is 2.46. The van der Waals surface area contributed by atoms with E-state index in [0.29, 0.717) is 0 Å². The number of carbonyl (C=O) groups is 3. The highest BCUT2D eigenvalue weighted by Crippen LogP contribution is 2.16. The van der Waals surface area contributed by atoms with Gasteiger partial charge in [-0.3, -0.25) is 4.79 Å². The first-order valence-corrected chi connectivity index (χ1v) is 8.10. The Bertz CT molecular complexity index is 760. The number of hydrogen-bond donors (Lipinski definition) is 1. The van der Waals surface area contributed by atoms with Gasteiger partial charge in [-0.05, 0) is 11.1 Å². The second-order valence-electron chi connectivity index (χ2n) is 5.90. The van der Waals surface area contributed by atoms with Crippen molar-refractivity contribution in [1.29, 1.82) is 0 Å². The summed E-state index contributed by atoms with van der Waals surface area (Å²) >= 11 is 0. The maximum atomic E-state index is 12.4. The predicted molar refractivity (Wildman–Crippen MR) is 94.9 cm³/mol. The molecule has 0 fully saturated rings. The molecule has 0 aliphatic heterocycles. The molecule has 2 rings (SSSR count). The van der Waals surface area contributed by atoms with E-state index in [1.54, 1.807) is 48.5 Å². The van der Waals surface area contributed by atoms with Crippen molar-refractivity contribution >= 4 is 17.7 Å². The van der Waals surface area contributed by atoms with Crippen LogP contribution in [0.5, 0.6) is 0 Å². The molecule has 0 radical (unpaired) electrons. The summed E-state index contributed by atoms with van der Waals surface area (Å²) in [7, 11) is 1.11. The SMILES string of the molecule is COC(=O)[C@@](N)(CC(=O)Cc1ccccc1)C(=O)OCc1ccccc1. The van der Waals surface area contributed by atoms with Gasteiger partial charge in [-0.25, -0.2) is 9.59 Å². The molecule has 0 aliphatic carbocycles. The van der Waals surface area contributed by atoms with Gasteiger partial charge >= 0.3 is 11.9 Å². The Labute approximate surface area is 151 Å². The minimum Gasteiger partial charge on any atom is -0.467 e. The van der Waals surface area contributed by atoms with Crippen LogP contribution in [0.15, 0.2) is 60.7 Å². The van der Waals surface area contributed by atoms with Crippen LogP contribution >= 0.6 is 0 Å². The van der Waals surface area contributed by atoms with Gasteiger partial charge in [0.15, 0.2) is 0 Å². The minimum atomic E-state index is -2.17. The molecule has 2 aromatic rings. The van der Waals surface area contributed by atoms with E-state index < -0.39 is 23.9 Å². The van der Waals surface area contributed by atoms with E-state index in [4.69, 9.17) is 10.5 Å². The van der Waals surface area contributed by atoms with E-state index in [2.05, 4.69) is 4.74 Å². The van der Waals surface area contributed by atoms with Crippen LogP contribution in [0.1, 0.15) is 17.5 Å². The summed E-state index contributed by atoms with van der Waals surface area (Å²) in [6.07, 6.45) is -0.440. The third-order valence-corrected chi connectivity index (χ3v) is 3.85. The predicted octanol–water partition coefficient (Wildman–Crippen LogP) is 1.80. The average molecular weight is 355 g/mol. The molecule has 0 saturated carbocycles. The lowest BCUT2D eigenvalue weighted by Gasteiger charge is -2.23. The molecule has 0 bridgehead atoms. The van der Waals surface area contributed by atoms with Gasteiger partial charge in [0, 0.05) is 12.8 Å². The summed E-state index contributed by atoms with van der Waals surface area (Å²) in [4.78, 5) is 36.8. The molecular weight excluding hydrogens is 334 g/mol. The molecule has 0 saturated heterocycles. The Kier molecular flexibility index (Phi) is 6.63. The Balaban J connectivity index is 2.07. The summed E-state index contributed by atoms with van der Waals surface area (Å²) in [5.74, 6) is -2.35. The van der Waals surface area contributed by atoms with Crippen molar-refractivity contribution in [2.45, 2.75) is 25.0 Å². The fourth-order valence-electron chi connectivity index (χ4n) is 2.46. The molecule has 0 amide bonds. The van der Waals surface area contributed by atoms with Crippen molar-refractivity contribution in [2.75, 3.05) is 7.11 Å². The number of ketones is 1. The normalized spacial score (nSPS) is 12.7. The number of hydrogen-bond acceptors (Lipinski definition) is 6. The standard InChI is InChI=1S/C20H21NO5/c1-25-18(23)20(21,13-17(22)12-15-8-4-2-5-9-15)19(24)26-14-16-10-6-3-7-11-16/h2-11H,12-14,21H2,1H3/t20-/m0/s1. The maximum Gasteiger partial charge on any atom is 0.338 e. The second kappa shape index (κ2) is 8.92. The van der Waals surface area contributed by atoms with E-state index in [1.165, 1.54) is 0 Å². The highest BCUT2D eigenvalue weighted by atomic mass is 16.6. The molecule has 136 valence electrons. The molecule has 0 spiro atoms. The number of rotatable bonds is 8. The number of nitrogens with two attached hydrogens (primary N) is 1. The van der Waals surface area contributed by atoms with Gasteiger partial charge in [-0.2, -0.15) is 0 Å². The molecule has 0 unspecified atom stereocenters. The molecule has 1 atom stereocenters. The molecule has 2 N–H and O–H groups in total. The molecule has 0 aliphatic rings. The Morgan fingerprint density at radius 1 is 0.885 bits per heavy atom. The van der Waals surface area contributed by atoms with Crippen LogP contribution in [-0.4, -0.2) is 30.4 Å². The average Bonchev–Trinajstić information content (AvgIpc) is 2.66. The van der Waals surface area contributed by atoms with Crippen molar-refractivity contribution in [3.63, 3.8) is 0 Å². The highest BCUT2D eigenvalue weighted by molar-refractivity contribution is 6.08. The third kappa shape index (κ3) is 5.00. The highest BCUT2D eigenvalue weighted by Gasteiger charge is 2.46. The third-order valence-electron chi connectivity index (χ3n) is 3.85. The molecular formula is C20H21NO5. The lowest BCUT2D eigenvalue weighted by Crippen LogP contribution is -2.57. The van der Waals surface area contributed by atoms with Crippen LogP contribution in [0.25, 0.3) is 0 Å². The molecule has 0 heterocycles. The minimum absolute atomic E-state index is 0.0531. The quantitative estimate of drug-likeness (QED) is 0.573.